The number of aryl methyl sites for hydroxylation is 1. The van der Waals surface area contributed by atoms with Crippen LogP contribution in [0.5, 0.6) is 0 Å². The maximum absolute atomic E-state index is 12.7. The van der Waals surface area contributed by atoms with Crippen LogP contribution in [0.2, 0.25) is 0 Å². The maximum atomic E-state index is 12.7. The van der Waals surface area contributed by atoms with E-state index < -0.39 is 11.3 Å². The lowest BCUT2D eigenvalue weighted by Gasteiger charge is -2.31. The zero-order valence-corrected chi connectivity index (χ0v) is 16.1. The average Bonchev–Trinajstić information content (AvgIpc) is 2.69. The van der Waals surface area contributed by atoms with Gasteiger partial charge in [-0.1, -0.05) is 18.2 Å². The van der Waals surface area contributed by atoms with Gasteiger partial charge in [0.2, 0.25) is 5.43 Å². The number of para-hydroxylation sites is 1. The van der Waals surface area contributed by atoms with Crippen molar-refractivity contribution in [3.05, 3.63) is 58.0 Å². The molecule has 2 amide bonds. The Morgan fingerprint density at radius 3 is 2.54 bits per heavy atom. The monoisotopic (exact) mass is 384 g/mol. The number of hydrogen-bond acceptors (Lipinski definition) is 5. The second kappa shape index (κ2) is 8.69. The van der Waals surface area contributed by atoms with Crippen LogP contribution in [-0.2, 0) is 4.74 Å². The fraction of sp³-hybridized carbons (Fsp3) is 0.400. The van der Waals surface area contributed by atoms with Gasteiger partial charge in [0.25, 0.3) is 5.91 Å². The van der Waals surface area contributed by atoms with E-state index in [9.17, 15) is 14.4 Å². The zero-order chi connectivity index (χ0) is 20.1. The predicted molar refractivity (Wildman–Crippen MR) is 104 cm³/mol. The van der Waals surface area contributed by atoms with Crippen LogP contribution in [0, 0.1) is 6.92 Å². The molecule has 1 aliphatic rings. The largest absolute Gasteiger partial charge is 0.450 e. The summed E-state index contributed by atoms with van der Waals surface area (Å²) in [5.41, 5.74) is 0.876. The van der Waals surface area contributed by atoms with E-state index in [1.54, 1.807) is 23.4 Å². The van der Waals surface area contributed by atoms with Crippen molar-refractivity contribution in [3.8, 4) is 5.69 Å². The fourth-order valence-corrected chi connectivity index (χ4v) is 3.21. The molecule has 0 saturated carbocycles. The first-order chi connectivity index (χ1) is 13.5. The lowest BCUT2D eigenvalue weighted by atomic mass is 10.1. The first-order valence-electron chi connectivity index (χ1n) is 9.38. The summed E-state index contributed by atoms with van der Waals surface area (Å²) in [4.78, 5) is 38.4. The van der Waals surface area contributed by atoms with Crippen LogP contribution >= 0.6 is 0 Å². The van der Waals surface area contributed by atoms with Crippen molar-refractivity contribution >= 4 is 12.0 Å². The number of likely N-dealkylation sites (tertiary alicyclic amines) is 1. The van der Waals surface area contributed by atoms with E-state index in [1.807, 2.05) is 30.3 Å². The van der Waals surface area contributed by atoms with Crippen LogP contribution in [-0.4, -0.2) is 52.4 Å². The Morgan fingerprint density at radius 1 is 1.21 bits per heavy atom. The molecule has 1 aliphatic heterocycles. The van der Waals surface area contributed by atoms with Crippen LogP contribution in [0.15, 0.2) is 41.2 Å². The second-order valence-corrected chi connectivity index (χ2v) is 6.68. The van der Waals surface area contributed by atoms with Crippen molar-refractivity contribution in [1.29, 1.82) is 0 Å². The summed E-state index contributed by atoms with van der Waals surface area (Å²) in [6, 6.07) is 10.6. The predicted octanol–water partition coefficient (Wildman–Crippen LogP) is 1.89. The summed E-state index contributed by atoms with van der Waals surface area (Å²) in [6.45, 7) is 4.87. The first-order valence-corrected chi connectivity index (χ1v) is 9.38. The number of carbonyl (C=O) groups excluding carboxylic acids is 2. The smallest absolute Gasteiger partial charge is 0.409 e. The van der Waals surface area contributed by atoms with Crippen LogP contribution in [0.25, 0.3) is 5.69 Å². The number of benzene rings is 1. The molecule has 0 bridgehead atoms. The third kappa shape index (κ3) is 4.39. The van der Waals surface area contributed by atoms with E-state index in [1.165, 1.54) is 6.07 Å². The molecule has 0 atom stereocenters. The number of carbonyl (C=O) groups is 2. The molecule has 2 heterocycles. The summed E-state index contributed by atoms with van der Waals surface area (Å²) in [6.07, 6.45) is 0.866. The number of amides is 2. The Kier molecular flexibility index (Phi) is 6.08. The van der Waals surface area contributed by atoms with E-state index in [4.69, 9.17) is 4.74 Å². The minimum Gasteiger partial charge on any atom is -0.450 e. The highest BCUT2D eigenvalue weighted by Gasteiger charge is 2.26. The molecule has 0 aliphatic carbocycles. The molecule has 1 aromatic heterocycles. The number of piperidine rings is 1. The quantitative estimate of drug-likeness (QED) is 0.869. The Morgan fingerprint density at radius 2 is 1.89 bits per heavy atom. The van der Waals surface area contributed by atoms with Gasteiger partial charge < -0.3 is 15.0 Å². The SMILES string of the molecule is CCOC(=O)N1CCC(NC(=O)c2nn(-c3ccccc3)c(C)cc2=O)CC1. The van der Waals surface area contributed by atoms with E-state index in [-0.39, 0.29) is 17.8 Å². The molecule has 1 N–H and O–H groups in total. The lowest BCUT2D eigenvalue weighted by molar-refractivity contribution is 0.0854. The lowest BCUT2D eigenvalue weighted by Crippen LogP contribution is -2.47. The summed E-state index contributed by atoms with van der Waals surface area (Å²) in [7, 11) is 0. The Balaban J connectivity index is 1.70. The Bertz CT molecular complexity index is 902. The summed E-state index contributed by atoms with van der Waals surface area (Å²) >= 11 is 0. The molecule has 0 radical (unpaired) electrons. The average molecular weight is 384 g/mol. The highest BCUT2D eigenvalue weighted by Crippen LogP contribution is 2.12. The van der Waals surface area contributed by atoms with Crippen molar-refractivity contribution < 1.29 is 14.3 Å². The molecule has 8 nitrogen and oxygen atoms in total. The molecule has 2 aromatic rings. The number of ether oxygens (including phenoxy) is 1. The summed E-state index contributed by atoms with van der Waals surface area (Å²) in [5, 5.41) is 7.15. The second-order valence-electron chi connectivity index (χ2n) is 6.68. The third-order valence-corrected chi connectivity index (χ3v) is 4.68. The molecule has 1 aromatic carbocycles. The molecule has 1 fully saturated rings. The van der Waals surface area contributed by atoms with Crippen LogP contribution in [0.1, 0.15) is 35.9 Å². The van der Waals surface area contributed by atoms with E-state index in [0.29, 0.717) is 38.2 Å². The van der Waals surface area contributed by atoms with Crippen molar-refractivity contribution in [2.75, 3.05) is 19.7 Å². The van der Waals surface area contributed by atoms with Gasteiger partial charge in [-0.3, -0.25) is 9.59 Å². The minimum absolute atomic E-state index is 0.120. The fourth-order valence-electron chi connectivity index (χ4n) is 3.21. The molecule has 0 unspecified atom stereocenters. The van der Waals surface area contributed by atoms with Gasteiger partial charge in [0.05, 0.1) is 12.3 Å². The van der Waals surface area contributed by atoms with Crippen LogP contribution < -0.4 is 10.7 Å². The van der Waals surface area contributed by atoms with Gasteiger partial charge in [-0.15, -0.1) is 0 Å². The Hall–Kier alpha value is -3.16. The van der Waals surface area contributed by atoms with Gasteiger partial charge in [0.15, 0.2) is 5.69 Å². The molecule has 3 rings (SSSR count). The van der Waals surface area contributed by atoms with Crippen molar-refractivity contribution in [1.82, 2.24) is 20.0 Å². The van der Waals surface area contributed by atoms with Gasteiger partial charge in [-0.2, -0.15) is 5.10 Å². The first kappa shape index (κ1) is 19.6. The highest BCUT2D eigenvalue weighted by molar-refractivity contribution is 5.92. The minimum atomic E-state index is -0.496. The van der Waals surface area contributed by atoms with E-state index >= 15 is 0 Å². The highest BCUT2D eigenvalue weighted by atomic mass is 16.6. The number of nitrogens with zero attached hydrogens (tertiary/aromatic N) is 3. The van der Waals surface area contributed by atoms with Gasteiger partial charge in [-0.05, 0) is 38.8 Å². The molecule has 1 saturated heterocycles. The zero-order valence-electron chi connectivity index (χ0n) is 16.1. The van der Waals surface area contributed by atoms with Crippen molar-refractivity contribution in [2.45, 2.75) is 32.7 Å². The van der Waals surface area contributed by atoms with Gasteiger partial charge >= 0.3 is 6.09 Å². The van der Waals surface area contributed by atoms with Crippen LogP contribution in [0.3, 0.4) is 0 Å². The number of aromatic nitrogens is 2. The standard InChI is InChI=1S/C20H24N4O4/c1-3-28-20(27)23-11-9-15(10-12-23)21-19(26)18-17(25)13-14(2)24(22-18)16-7-5-4-6-8-16/h4-8,13,15H,3,9-12H2,1-2H3,(H,21,26). The molecular weight excluding hydrogens is 360 g/mol. The van der Waals surface area contributed by atoms with Crippen LogP contribution in [0.4, 0.5) is 4.79 Å². The number of hydrogen-bond donors (Lipinski definition) is 1. The topological polar surface area (TPSA) is 93.5 Å². The van der Waals surface area contributed by atoms with Gasteiger partial charge in [-0.25, -0.2) is 9.48 Å². The molecule has 28 heavy (non-hydrogen) atoms. The summed E-state index contributed by atoms with van der Waals surface area (Å²) in [5.74, 6) is -0.496. The number of nitrogens with one attached hydrogen (secondary N) is 1. The molecular formula is C20H24N4O4. The van der Waals surface area contributed by atoms with E-state index in [0.717, 1.165) is 5.69 Å². The van der Waals surface area contributed by atoms with Gasteiger partial charge in [0, 0.05) is 30.9 Å². The van der Waals surface area contributed by atoms with Gasteiger partial charge in [0.1, 0.15) is 0 Å². The normalized spacial score (nSPS) is 14.6. The molecule has 0 spiro atoms. The maximum Gasteiger partial charge on any atom is 0.409 e. The Labute approximate surface area is 163 Å². The molecule has 148 valence electrons. The van der Waals surface area contributed by atoms with Crippen molar-refractivity contribution in [2.24, 2.45) is 0 Å². The molecule has 8 heteroatoms. The third-order valence-electron chi connectivity index (χ3n) is 4.68. The van der Waals surface area contributed by atoms with E-state index in [2.05, 4.69) is 10.4 Å². The van der Waals surface area contributed by atoms with Crippen molar-refractivity contribution in [3.63, 3.8) is 0 Å². The number of rotatable bonds is 4. The summed E-state index contributed by atoms with van der Waals surface area (Å²) < 4.78 is 6.58.